The van der Waals surface area contributed by atoms with E-state index in [2.05, 4.69) is 19.2 Å². The first-order valence-corrected chi connectivity index (χ1v) is 8.10. The number of likely N-dealkylation sites (N-methyl/N-ethyl adjacent to an activating group) is 1. The van der Waals surface area contributed by atoms with E-state index in [9.17, 15) is 0 Å². The van der Waals surface area contributed by atoms with Gasteiger partial charge in [-0.25, -0.2) is 0 Å². The highest BCUT2D eigenvalue weighted by molar-refractivity contribution is 6.35. The first-order chi connectivity index (χ1) is 9.17. The second-order valence-corrected chi connectivity index (χ2v) is 5.89. The third kappa shape index (κ3) is 6.65. The Balaban J connectivity index is 2.51. The van der Waals surface area contributed by atoms with Crippen molar-refractivity contribution in [1.29, 1.82) is 0 Å². The zero-order valence-electron chi connectivity index (χ0n) is 12.0. The molecule has 3 heteroatoms. The fourth-order valence-corrected chi connectivity index (χ4v) is 2.82. The second-order valence-electron chi connectivity index (χ2n) is 5.04. The lowest BCUT2D eigenvalue weighted by Gasteiger charge is -2.18. The van der Waals surface area contributed by atoms with Crippen LogP contribution in [0.5, 0.6) is 0 Å². The summed E-state index contributed by atoms with van der Waals surface area (Å²) >= 11 is 12.2. The van der Waals surface area contributed by atoms with Crippen molar-refractivity contribution in [3.63, 3.8) is 0 Å². The summed E-state index contributed by atoms with van der Waals surface area (Å²) in [5.41, 5.74) is 1.19. The number of benzene rings is 1. The van der Waals surface area contributed by atoms with Gasteiger partial charge in [-0.3, -0.25) is 0 Å². The van der Waals surface area contributed by atoms with Gasteiger partial charge in [-0.05, 0) is 37.1 Å². The summed E-state index contributed by atoms with van der Waals surface area (Å²) in [5, 5.41) is 5.04. The number of hydrogen-bond acceptors (Lipinski definition) is 1. The van der Waals surface area contributed by atoms with Crippen LogP contribution in [0.25, 0.3) is 0 Å². The second kappa shape index (κ2) is 9.63. The van der Waals surface area contributed by atoms with Crippen molar-refractivity contribution in [2.75, 3.05) is 6.54 Å². The van der Waals surface area contributed by atoms with E-state index in [1.54, 1.807) is 0 Å². The molecule has 0 aliphatic carbocycles. The summed E-state index contributed by atoms with van der Waals surface area (Å²) in [6.07, 6.45) is 7.43. The van der Waals surface area contributed by atoms with Crippen LogP contribution >= 0.6 is 23.2 Å². The number of hydrogen-bond donors (Lipinski definition) is 1. The minimum Gasteiger partial charge on any atom is -0.314 e. The molecule has 0 heterocycles. The predicted octanol–water partition coefficient (Wildman–Crippen LogP) is 5.48. The van der Waals surface area contributed by atoms with Gasteiger partial charge in [0.05, 0.1) is 0 Å². The Labute approximate surface area is 127 Å². The van der Waals surface area contributed by atoms with Gasteiger partial charge < -0.3 is 5.32 Å². The Kier molecular flexibility index (Phi) is 8.52. The average Bonchev–Trinajstić information content (AvgIpc) is 2.38. The van der Waals surface area contributed by atoms with Crippen LogP contribution in [0, 0.1) is 0 Å². The molecule has 0 saturated carbocycles. The average molecular weight is 302 g/mol. The van der Waals surface area contributed by atoms with E-state index in [4.69, 9.17) is 23.2 Å². The van der Waals surface area contributed by atoms with E-state index in [0.717, 1.165) is 18.0 Å². The maximum absolute atomic E-state index is 6.25. The maximum atomic E-state index is 6.25. The van der Waals surface area contributed by atoms with Gasteiger partial charge in [0.25, 0.3) is 0 Å². The topological polar surface area (TPSA) is 12.0 Å². The van der Waals surface area contributed by atoms with Crippen molar-refractivity contribution in [1.82, 2.24) is 5.32 Å². The Hall–Kier alpha value is -0.240. The van der Waals surface area contributed by atoms with Crippen LogP contribution in [0.3, 0.4) is 0 Å². The highest BCUT2D eigenvalue weighted by Gasteiger charge is 2.10. The third-order valence-electron chi connectivity index (χ3n) is 3.38. The Morgan fingerprint density at radius 2 is 1.89 bits per heavy atom. The van der Waals surface area contributed by atoms with Crippen molar-refractivity contribution in [2.45, 2.75) is 58.4 Å². The summed E-state index contributed by atoms with van der Waals surface area (Å²) in [5.74, 6) is 0. The number of rotatable bonds is 9. The van der Waals surface area contributed by atoms with Gasteiger partial charge in [-0.15, -0.1) is 0 Å². The monoisotopic (exact) mass is 301 g/mol. The lowest BCUT2D eigenvalue weighted by Crippen LogP contribution is -2.31. The van der Waals surface area contributed by atoms with Crippen LogP contribution < -0.4 is 5.32 Å². The van der Waals surface area contributed by atoms with E-state index in [1.807, 2.05) is 18.2 Å². The fraction of sp³-hybridized carbons (Fsp3) is 0.625. The molecule has 1 rings (SSSR count). The molecular weight excluding hydrogens is 277 g/mol. The fourth-order valence-electron chi connectivity index (χ4n) is 2.34. The molecule has 1 unspecified atom stereocenters. The molecule has 1 N–H and O–H groups in total. The molecule has 0 radical (unpaired) electrons. The molecule has 0 bridgehead atoms. The summed E-state index contributed by atoms with van der Waals surface area (Å²) in [6.45, 7) is 5.40. The minimum atomic E-state index is 0.514. The van der Waals surface area contributed by atoms with Crippen molar-refractivity contribution < 1.29 is 0 Å². The molecule has 0 aromatic heterocycles. The molecule has 0 aliphatic rings. The molecule has 19 heavy (non-hydrogen) atoms. The molecule has 0 aliphatic heterocycles. The normalized spacial score (nSPS) is 12.6. The first-order valence-electron chi connectivity index (χ1n) is 7.34. The summed E-state index contributed by atoms with van der Waals surface area (Å²) < 4.78 is 0. The van der Waals surface area contributed by atoms with Gasteiger partial charge in [0, 0.05) is 16.1 Å². The van der Waals surface area contributed by atoms with E-state index >= 15 is 0 Å². The molecule has 0 spiro atoms. The molecule has 1 nitrogen and oxygen atoms in total. The molecule has 1 atom stereocenters. The van der Waals surface area contributed by atoms with Crippen molar-refractivity contribution in [3.8, 4) is 0 Å². The number of nitrogens with one attached hydrogen (secondary N) is 1. The zero-order valence-corrected chi connectivity index (χ0v) is 13.5. The van der Waals surface area contributed by atoms with E-state index in [0.29, 0.717) is 11.1 Å². The van der Waals surface area contributed by atoms with Gasteiger partial charge in [0.15, 0.2) is 0 Å². The van der Waals surface area contributed by atoms with Crippen molar-refractivity contribution in [2.24, 2.45) is 0 Å². The van der Waals surface area contributed by atoms with Crippen LogP contribution in [-0.4, -0.2) is 12.6 Å². The predicted molar refractivity (Wildman–Crippen MR) is 86.4 cm³/mol. The van der Waals surface area contributed by atoms with Gasteiger partial charge >= 0.3 is 0 Å². The van der Waals surface area contributed by atoms with Crippen molar-refractivity contribution >= 4 is 23.2 Å². The molecule has 1 aromatic carbocycles. The Morgan fingerprint density at radius 1 is 1.11 bits per heavy atom. The summed E-state index contributed by atoms with van der Waals surface area (Å²) in [4.78, 5) is 0. The lowest BCUT2D eigenvalue weighted by molar-refractivity contribution is 0.463. The van der Waals surface area contributed by atoms with Crippen LogP contribution in [0.4, 0.5) is 0 Å². The number of unbranched alkanes of at least 4 members (excludes halogenated alkanes) is 3. The van der Waals surface area contributed by atoms with Gasteiger partial charge in [-0.2, -0.15) is 0 Å². The largest absolute Gasteiger partial charge is 0.314 e. The summed E-state index contributed by atoms with van der Waals surface area (Å²) in [6, 6.07) is 6.31. The third-order valence-corrected chi connectivity index (χ3v) is 3.97. The molecule has 108 valence electrons. The number of halogens is 2. The molecule has 1 aromatic rings. The van der Waals surface area contributed by atoms with E-state index in [-0.39, 0.29) is 0 Å². The molecule has 0 saturated heterocycles. The van der Waals surface area contributed by atoms with Crippen LogP contribution in [0.1, 0.15) is 51.5 Å². The lowest BCUT2D eigenvalue weighted by atomic mass is 10.00. The maximum Gasteiger partial charge on any atom is 0.0453 e. The van der Waals surface area contributed by atoms with Crippen molar-refractivity contribution in [3.05, 3.63) is 33.8 Å². The van der Waals surface area contributed by atoms with Crippen LogP contribution in [0.15, 0.2) is 18.2 Å². The Bertz CT molecular complexity index is 366. The quantitative estimate of drug-likeness (QED) is 0.595. The highest BCUT2D eigenvalue weighted by Crippen LogP contribution is 2.23. The molecule has 0 amide bonds. The highest BCUT2D eigenvalue weighted by atomic mass is 35.5. The van der Waals surface area contributed by atoms with Gasteiger partial charge in [0.2, 0.25) is 0 Å². The van der Waals surface area contributed by atoms with Gasteiger partial charge in [0.1, 0.15) is 0 Å². The molecule has 0 fully saturated rings. The smallest absolute Gasteiger partial charge is 0.0453 e. The van der Waals surface area contributed by atoms with Crippen LogP contribution in [-0.2, 0) is 6.42 Å². The standard InChI is InChI=1S/C16H25Cl2N/c1-3-5-6-7-8-15(19-4-2)11-13-9-10-14(17)12-16(13)18/h9-10,12,15,19H,3-8,11H2,1-2H3. The molecular formula is C16H25Cl2N. The van der Waals surface area contributed by atoms with E-state index in [1.165, 1.54) is 37.7 Å². The minimum absolute atomic E-state index is 0.514. The van der Waals surface area contributed by atoms with Crippen LogP contribution in [0.2, 0.25) is 10.0 Å². The van der Waals surface area contributed by atoms with Gasteiger partial charge in [-0.1, -0.05) is 68.8 Å². The van der Waals surface area contributed by atoms with E-state index < -0.39 is 0 Å². The first kappa shape index (κ1) is 16.8. The summed E-state index contributed by atoms with van der Waals surface area (Å²) in [7, 11) is 0. The zero-order chi connectivity index (χ0) is 14.1. The SMILES string of the molecule is CCCCCCC(Cc1ccc(Cl)cc1Cl)NCC. The Morgan fingerprint density at radius 3 is 2.53 bits per heavy atom.